The van der Waals surface area contributed by atoms with Gasteiger partial charge in [-0.1, -0.05) is 36.7 Å². The average molecular weight is 928 g/mol. The maximum Gasteiger partial charge on any atom is 0.264 e. The summed E-state index contributed by atoms with van der Waals surface area (Å²) in [5.41, 5.74) is 3.29. The number of rotatable bonds is 25. The van der Waals surface area contributed by atoms with Gasteiger partial charge in [0.2, 0.25) is 24.2 Å². The molecule has 3 heterocycles. The van der Waals surface area contributed by atoms with Gasteiger partial charge in [-0.05, 0) is 67.8 Å². The molecule has 6 rings (SSSR count). The number of carbonyl (C=O) groups excluding carboxylic acids is 6. The number of halogens is 1. The summed E-state index contributed by atoms with van der Waals surface area (Å²) in [6, 6.07) is 16.4. The van der Waals surface area contributed by atoms with Crippen molar-refractivity contribution in [3.05, 3.63) is 94.1 Å². The van der Waals surface area contributed by atoms with Gasteiger partial charge in [0.05, 0.1) is 69.8 Å². The van der Waals surface area contributed by atoms with Gasteiger partial charge in [0, 0.05) is 55.4 Å². The number of amides is 6. The van der Waals surface area contributed by atoms with Crippen molar-refractivity contribution in [2.24, 2.45) is 0 Å². The molecule has 19 nitrogen and oxygen atoms in total. The molecule has 20 heteroatoms. The summed E-state index contributed by atoms with van der Waals surface area (Å²) in [6.45, 7) is 7.09. The Bertz CT molecular complexity index is 2390. The minimum Gasteiger partial charge on any atom is -0.495 e. The van der Waals surface area contributed by atoms with Crippen LogP contribution in [0.3, 0.4) is 0 Å². The molecular formula is C46H54ClN9O10. The van der Waals surface area contributed by atoms with Crippen LogP contribution in [0, 0.1) is 0 Å². The highest BCUT2D eigenvalue weighted by Gasteiger charge is 2.45. The first-order valence-electron chi connectivity index (χ1n) is 21.5. The summed E-state index contributed by atoms with van der Waals surface area (Å²) >= 11 is 6.14. The Morgan fingerprint density at radius 3 is 2.35 bits per heavy atom. The zero-order chi connectivity index (χ0) is 47.2. The quantitative estimate of drug-likeness (QED) is 0.0406. The van der Waals surface area contributed by atoms with Crippen LogP contribution in [0.2, 0.25) is 5.02 Å². The van der Waals surface area contributed by atoms with E-state index in [4.69, 9.17) is 35.5 Å². The molecule has 0 aliphatic carbocycles. The van der Waals surface area contributed by atoms with Crippen LogP contribution in [0.25, 0.3) is 0 Å². The van der Waals surface area contributed by atoms with Gasteiger partial charge in [-0.15, -0.1) is 0 Å². The fourth-order valence-electron chi connectivity index (χ4n) is 7.25. The van der Waals surface area contributed by atoms with Crippen LogP contribution in [-0.4, -0.2) is 130 Å². The highest BCUT2D eigenvalue weighted by atomic mass is 35.5. The van der Waals surface area contributed by atoms with Crippen molar-refractivity contribution in [1.29, 1.82) is 0 Å². The molecule has 1 saturated heterocycles. The van der Waals surface area contributed by atoms with Gasteiger partial charge in [-0.2, -0.15) is 4.98 Å². The van der Waals surface area contributed by atoms with E-state index in [2.05, 4.69) is 45.0 Å². The van der Waals surface area contributed by atoms with E-state index >= 15 is 0 Å². The van der Waals surface area contributed by atoms with Crippen LogP contribution >= 0.6 is 11.6 Å². The zero-order valence-corrected chi connectivity index (χ0v) is 38.0. The molecule has 2 aliphatic rings. The first-order valence-corrected chi connectivity index (χ1v) is 21.9. The van der Waals surface area contributed by atoms with Crippen molar-refractivity contribution in [1.82, 2.24) is 25.5 Å². The molecule has 0 spiro atoms. The Labute approximate surface area is 387 Å². The molecule has 1 aromatic heterocycles. The van der Waals surface area contributed by atoms with Crippen LogP contribution in [0.5, 0.6) is 5.75 Å². The number of nitrogens with zero attached hydrogens (tertiary/aromatic N) is 5. The summed E-state index contributed by atoms with van der Waals surface area (Å²) in [6.07, 6.45) is 3.25. The molecule has 2 atom stereocenters. The number of hydrogen-bond acceptors (Lipinski definition) is 15. The summed E-state index contributed by atoms with van der Waals surface area (Å²) < 4.78 is 22.4. The van der Waals surface area contributed by atoms with Gasteiger partial charge >= 0.3 is 0 Å². The van der Waals surface area contributed by atoms with Crippen molar-refractivity contribution in [3.63, 3.8) is 0 Å². The number of hydrogen-bond donors (Lipinski definition) is 4. The minimum atomic E-state index is -1.04. The Balaban J connectivity index is 0.891. The third-order valence-electron chi connectivity index (χ3n) is 11.0. The Morgan fingerprint density at radius 2 is 1.67 bits per heavy atom. The van der Waals surface area contributed by atoms with Crippen molar-refractivity contribution in [2.75, 3.05) is 87.3 Å². The molecule has 0 bridgehead atoms. The lowest BCUT2D eigenvalue weighted by molar-refractivity contribution is -0.136. The Morgan fingerprint density at radius 1 is 0.955 bits per heavy atom. The van der Waals surface area contributed by atoms with E-state index in [0.717, 1.165) is 16.9 Å². The van der Waals surface area contributed by atoms with Gasteiger partial charge in [-0.25, -0.2) is 4.98 Å². The van der Waals surface area contributed by atoms with Gasteiger partial charge in [0.1, 0.15) is 17.5 Å². The largest absolute Gasteiger partial charge is 0.495 e. The van der Waals surface area contributed by atoms with Crippen LogP contribution in [0.15, 0.2) is 66.9 Å². The first kappa shape index (κ1) is 48.8. The normalized spacial score (nSPS) is 14.9. The Hall–Kier alpha value is -6.67. The second kappa shape index (κ2) is 23.5. The molecule has 1 fully saturated rings. The van der Waals surface area contributed by atoms with Crippen molar-refractivity contribution in [2.45, 2.75) is 51.7 Å². The molecule has 4 N–H and O–H groups in total. The lowest BCUT2D eigenvalue weighted by Gasteiger charge is -2.32. The van der Waals surface area contributed by atoms with Crippen LogP contribution in [0.1, 0.15) is 69.7 Å². The third-order valence-corrected chi connectivity index (χ3v) is 11.2. The summed E-state index contributed by atoms with van der Waals surface area (Å²) in [4.78, 5) is 89.0. The topological polar surface area (TPSA) is 223 Å². The first-order chi connectivity index (χ1) is 31.9. The number of benzene rings is 3. The number of ether oxygens (including phenoxy) is 4. The molecular weight excluding hydrogens is 874 g/mol. The standard InChI is InChI=1S/C46H54ClN9O10/c1-5-29(2)55(27-30-9-12-32(47)13-10-30)41-37(54(3)28-57)26-50-46(53-41)51-34-14-11-31(25-38(34)63-4)42(59)49-18-20-65-22-24-66-23-21-64-19-17-48-35-8-6-7-33-40(35)45(62)56(44(33)61)36-15-16-39(58)52-43(36)60/h6-14,25-26,28-29,36,48H,5,15-24,27H2,1-4H3,(H,49,59)(H,50,51,53)(H,52,58,60)/t29-,36?/m1/s1. The fourth-order valence-corrected chi connectivity index (χ4v) is 7.37. The summed E-state index contributed by atoms with van der Waals surface area (Å²) in [5, 5.41) is 12.0. The van der Waals surface area contributed by atoms with E-state index in [1.807, 2.05) is 24.3 Å². The van der Waals surface area contributed by atoms with E-state index in [1.165, 1.54) is 18.1 Å². The number of methoxy groups -OCH3 is 1. The average Bonchev–Trinajstić information content (AvgIpc) is 3.58. The molecule has 1 unspecified atom stereocenters. The smallest absolute Gasteiger partial charge is 0.264 e. The van der Waals surface area contributed by atoms with E-state index in [1.54, 1.807) is 43.6 Å². The zero-order valence-electron chi connectivity index (χ0n) is 37.3. The number of anilines is 5. The maximum absolute atomic E-state index is 13.2. The molecule has 4 aromatic rings. The van der Waals surface area contributed by atoms with Crippen LogP contribution in [0.4, 0.5) is 28.8 Å². The number of piperidine rings is 1. The number of fused-ring (bicyclic) bond motifs is 1. The fraction of sp³-hybridized carbons (Fsp3) is 0.391. The molecule has 3 aromatic carbocycles. The number of aromatic nitrogens is 2. The van der Waals surface area contributed by atoms with Gasteiger partial charge in [0.25, 0.3) is 17.7 Å². The molecule has 66 heavy (non-hydrogen) atoms. The van der Waals surface area contributed by atoms with E-state index < -0.39 is 29.7 Å². The molecule has 2 aliphatic heterocycles. The predicted molar refractivity (Wildman–Crippen MR) is 247 cm³/mol. The number of imide groups is 2. The van der Waals surface area contributed by atoms with Gasteiger partial charge in [-0.3, -0.25) is 39.0 Å². The predicted octanol–water partition coefficient (Wildman–Crippen LogP) is 4.57. The van der Waals surface area contributed by atoms with Crippen LogP contribution in [-0.2, 0) is 35.1 Å². The van der Waals surface area contributed by atoms with Crippen molar-refractivity contribution < 1.29 is 47.7 Å². The summed E-state index contributed by atoms with van der Waals surface area (Å²) in [5.74, 6) is -1.34. The van der Waals surface area contributed by atoms with E-state index in [9.17, 15) is 28.8 Å². The molecule has 6 amide bonds. The third kappa shape index (κ3) is 12.2. The lowest BCUT2D eigenvalue weighted by atomic mass is 10.0. The van der Waals surface area contributed by atoms with Gasteiger partial charge in [0.15, 0.2) is 5.82 Å². The van der Waals surface area contributed by atoms with E-state index in [-0.39, 0.29) is 55.0 Å². The lowest BCUT2D eigenvalue weighted by Crippen LogP contribution is -2.54. The van der Waals surface area contributed by atoms with Crippen molar-refractivity contribution >= 4 is 76.4 Å². The molecule has 0 radical (unpaired) electrons. The highest BCUT2D eigenvalue weighted by Crippen LogP contribution is 2.34. The number of nitrogens with one attached hydrogen (secondary N) is 4. The SMILES string of the molecule is CC[C@@H](C)N(Cc1ccc(Cl)cc1)c1nc(Nc2ccc(C(=O)NCCOCCOCCOCCNc3cccc4c3C(=O)N(C3CCC(=O)NC3=O)C4=O)cc2OC)ncc1N(C)C=O. The van der Waals surface area contributed by atoms with Crippen LogP contribution < -0.4 is 35.8 Å². The van der Waals surface area contributed by atoms with Gasteiger partial charge < -0.3 is 44.7 Å². The summed E-state index contributed by atoms with van der Waals surface area (Å²) in [7, 11) is 3.15. The number of carbonyl (C=O) groups is 6. The minimum absolute atomic E-state index is 0.0460. The second-order valence-electron chi connectivity index (χ2n) is 15.4. The highest BCUT2D eigenvalue weighted by molar-refractivity contribution is 6.30. The second-order valence-corrected chi connectivity index (χ2v) is 15.8. The molecule has 0 saturated carbocycles. The molecule has 350 valence electrons. The monoisotopic (exact) mass is 927 g/mol. The maximum atomic E-state index is 13.2. The Kier molecular flexibility index (Phi) is 17.4. The van der Waals surface area contributed by atoms with Crippen molar-refractivity contribution in [3.8, 4) is 5.75 Å². The van der Waals surface area contributed by atoms with E-state index in [0.29, 0.717) is 91.7 Å².